The highest BCUT2D eigenvalue weighted by Gasteiger charge is 2.29. The first-order valence-electron chi connectivity index (χ1n) is 9.55. The summed E-state index contributed by atoms with van der Waals surface area (Å²) in [5.41, 5.74) is 11.2. The molecule has 1 aromatic rings. The molecule has 0 radical (unpaired) electrons. The van der Waals surface area contributed by atoms with Crippen molar-refractivity contribution >= 4 is 17.6 Å². The Kier molecular flexibility index (Phi) is 8.83. The molecule has 2 atom stereocenters. The molecule has 0 saturated heterocycles. The number of azide groups is 1. The average molecular weight is 443 g/mol. The van der Waals surface area contributed by atoms with Gasteiger partial charge in [-0.05, 0) is 30.7 Å². The molecule has 1 aromatic carbocycles. The number of carbonyl (C=O) groups is 2. The minimum Gasteiger partial charge on any atom is -0.464 e. The van der Waals surface area contributed by atoms with Crippen molar-refractivity contribution in [2.24, 2.45) is 16.8 Å². The van der Waals surface area contributed by atoms with Crippen LogP contribution in [0.1, 0.15) is 42.5 Å². The maximum Gasteiger partial charge on any atom is 0.306 e. The second-order valence-electron chi connectivity index (χ2n) is 6.90. The van der Waals surface area contributed by atoms with E-state index in [0.29, 0.717) is 0 Å². The molecule has 0 aliphatic heterocycles. The SMILES string of the molecule is [N-]=[N+]=Nc1c(F)c(F)c(C(=O)NCCOC(=O)C[C@@H]2CCCC/C=C/[C@H]2N)c(F)c1F. The van der Waals surface area contributed by atoms with Crippen molar-refractivity contribution in [1.29, 1.82) is 0 Å². The lowest BCUT2D eigenvalue weighted by Crippen LogP contribution is -2.32. The maximum atomic E-state index is 13.9. The van der Waals surface area contributed by atoms with Gasteiger partial charge in [-0.15, -0.1) is 0 Å². The van der Waals surface area contributed by atoms with Crippen LogP contribution in [0, 0.1) is 29.2 Å². The molecule has 1 aliphatic rings. The van der Waals surface area contributed by atoms with Crippen LogP contribution < -0.4 is 11.1 Å². The van der Waals surface area contributed by atoms with E-state index in [1.165, 1.54) is 0 Å². The fourth-order valence-corrected chi connectivity index (χ4v) is 3.15. The summed E-state index contributed by atoms with van der Waals surface area (Å²) in [5.74, 6) is -10.2. The van der Waals surface area contributed by atoms with E-state index < -0.39 is 46.4 Å². The number of esters is 1. The second-order valence-corrected chi connectivity index (χ2v) is 6.90. The van der Waals surface area contributed by atoms with Crippen LogP contribution in [0.15, 0.2) is 17.3 Å². The molecule has 0 aromatic heterocycles. The Labute approximate surface area is 175 Å². The standard InChI is InChI=1S/C19H21F4N5O3/c20-14-13(15(21)17(23)18(16(14)22)27-28-25)19(30)26-7-8-31-12(29)9-10-5-3-1-2-4-6-11(10)24/h4,6,10-11H,1-3,5,7-9,24H2,(H,26,30)/b6-4+/t10-,11+/m0/s1. The average Bonchev–Trinajstić information content (AvgIpc) is 2.73. The predicted octanol–water partition coefficient (Wildman–Crippen LogP) is 3.92. The maximum absolute atomic E-state index is 13.9. The first-order valence-corrected chi connectivity index (χ1v) is 9.55. The molecule has 1 amide bonds. The fourth-order valence-electron chi connectivity index (χ4n) is 3.15. The minimum absolute atomic E-state index is 0.0694. The third-order valence-corrected chi connectivity index (χ3v) is 4.79. The quantitative estimate of drug-likeness (QED) is 0.0967. The number of nitrogens with one attached hydrogen (secondary N) is 1. The number of halogens is 4. The number of benzene rings is 1. The van der Waals surface area contributed by atoms with Gasteiger partial charge in [-0.25, -0.2) is 17.6 Å². The normalized spacial score (nSPS) is 19.5. The van der Waals surface area contributed by atoms with Gasteiger partial charge in [-0.3, -0.25) is 9.59 Å². The number of nitrogens with zero attached hydrogens (tertiary/aromatic N) is 3. The van der Waals surface area contributed by atoms with Gasteiger partial charge in [0, 0.05) is 11.0 Å². The number of rotatable bonds is 7. The summed E-state index contributed by atoms with van der Waals surface area (Å²) in [4.78, 5) is 26.0. The van der Waals surface area contributed by atoms with Crippen LogP contribution in [0.25, 0.3) is 10.4 Å². The van der Waals surface area contributed by atoms with Crippen LogP contribution >= 0.6 is 0 Å². The number of ether oxygens (including phenoxy) is 1. The van der Waals surface area contributed by atoms with Gasteiger partial charge in [0.25, 0.3) is 5.91 Å². The van der Waals surface area contributed by atoms with Crippen molar-refractivity contribution in [3.63, 3.8) is 0 Å². The summed E-state index contributed by atoms with van der Waals surface area (Å²) in [6, 6.07) is -0.281. The monoisotopic (exact) mass is 443 g/mol. The van der Waals surface area contributed by atoms with Crippen molar-refractivity contribution in [1.82, 2.24) is 5.32 Å². The smallest absolute Gasteiger partial charge is 0.306 e. The van der Waals surface area contributed by atoms with E-state index in [1.807, 2.05) is 17.5 Å². The first-order chi connectivity index (χ1) is 14.8. The van der Waals surface area contributed by atoms with E-state index in [1.54, 1.807) is 0 Å². The van der Waals surface area contributed by atoms with Gasteiger partial charge in [0.2, 0.25) is 0 Å². The topological polar surface area (TPSA) is 130 Å². The summed E-state index contributed by atoms with van der Waals surface area (Å²) in [7, 11) is 0. The number of hydrogen-bond acceptors (Lipinski definition) is 5. The molecule has 8 nitrogen and oxygen atoms in total. The van der Waals surface area contributed by atoms with E-state index >= 15 is 0 Å². The van der Waals surface area contributed by atoms with Crippen LogP contribution in [-0.4, -0.2) is 31.1 Å². The van der Waals surface area contributed by atoms with Gasteiger partial charge in [0.05, 0.1) is 13.0 Å². The van der Waals surface area contributed by atoms with Gasteiger partial charge >= 0.3 is 5.97 Å². The third-order valence-electron chi connectivity index (χ3n) is 4.79. The van der Waals surface area contributed by atoms with Crippen LogP contribution in [-0.2, 0) is 9.53 Å². The Morgan fingerprint density at radius 2 is 1.87 bits per heavy atom. The molecule has 0 saturated carbocycles. The summed E-state index contributed by atoms with van der Waals surface area (Å²) >= 11 is 0. The number of hydrogen-bond donors (Lipinski definition) is 2. The van der Waals surface area contributed by atoms with Crippen molar-refractivity contribution in [2.75, 3.05) is 13.2 Å². The van der Waals surface area contributed by atoms with E-state index in [-0.39, 0.29) is 31.5 Å². The molecule has 12 heteroatoms. The summed E-state index contributed by atoms with van der Waals surface area (Å²) in [5, 5.41) is 4.54. The Balaban J connectivity index is 1.91. The number of nitrogens with two attached hydrogens (primary N) is 1. The lowest BCUT2D eigenvalue weighted by Gasteiger charge is -2.22. The molecule has 31 heavy (non-hydrogen) atoms. The summed E-state index contributed by atoms with van der Waals surface area (Å²) in [6.45, 7) is -0.686. The van der Waals surface area contributed by atoms with Gasteiger partial charge in [-0.2, -0.15) is 0 Å². The highest BCUT2D eigenvalue weighted by molar-refractivity contribution is 5.95. The number of carbonyl (C=O) groups excluding carboxylic acids is 2. The predicted molar refractivity (Wildman–Crippen MR) is 102 cm³/mol. The van der Waals surface area contributed by atoms with Crippen LogP contribution in [0.2, 0.25) is 0 Å². The van der Waals surface area contributed by atoms with Gasteiger partial charge < -0.3 is 15.8 Å². The molecule has 0 fully saturated rings. The molecule has 2 rings (SSSR count). The number of allylic oxidation sites excluding steroid dienone is 1. The zero-order chi connectivity index (χ0) is 23.0. The van der Waals surface area contributed by atoms with E-state index in [4.69, 9.17) is 16.0 Å². The second kappa shape index (κ2) is 11.3. The van der Waals surface area contributed by atoms with Crippen LogP contribution in [0.4, 0.5) is 23.2 Å². The molecule has 0 spiro atoms. The van der Waals surface area contributed by atoms with Crippen LogP contribution in [0.3, 0.4) is 0 Å². The molecule has 1 aliphatic carbocycles. The lowest BCUT2D eigenvalue weighted by atomic mass is 9.88. The first kappa shape index (κ1) is 24.2. The molecule has 0 heterocycles. The largest absolute Gasteiger partial charge is 0.464 e. The molecule has 0 unspecified atom stereocenters. The Hall–Kier alpha value is -3.11. The summed E-state index contributed by atoms with van der Waals surface area (Å²) in [6.07, 6.45) is 7.52. The molecule has 0 bridgehead atoms. The van der Waals surface area contributed by atoms with E-state index in [2.05, 4.69) is 10.0 Å². The fraction of sp³-hybridized carbons (Fsp3) is 0.474. The third kappa shape index (κ3) is 6.19. The van der Waals surface area contributed by atoms with E-state index in [9.17, 15) is 27.2 Å². The number of amides is 1. The van der Waals surface area contributed by atoms with Crippen molar-refractivity contribution < 1.29 is 31.9 Å². The van der Waals surface area contributed by atoms with Crippen molar-refractivity contribution in [3.8, 4) is 0 Å². The van der Waals surface area contributed by atoms with Crippen LogP contribution in [0.5, 0.6) is 0 Å². The zero-order valence-corrected chi connectivity index (χ0v) is 16.4. The molecular formula is C19H21F4N5O3. The molecule has 3 N–H and O–H groups in total. The minimum atomic E-state index is -2.01. The van der Waals surface area contributed by atoms with Gasteiger partial charge in [0.1, 0.15) is 17.9 Å². The Bertz CT molecular complexity index is 889. The highest BCUT2D eigenvalue weighted by Crippen LogP contribution is 2.30. The zero-order valence-electron chi connectivity index (χ0n) is 16.4. The summed E-state index contributed by atoms with van der Waals surface area (Å²) < 4.78 is 60.4. The lowest BCUT2D eigenvalue weighted by molar-refractivity contribution is -0.144. The van der Waals surface area contributed by atoms with Gasteiger partial charge in [0.15, 0.2) is 23.3 Å². The molecular weight excluding hydrogens is 422 g/mol. The highest BCUT2D eigenvalue weighted by atomic mass is 19.2. The Morgan fingerprint density at radius 1 is 1.19 bits per heavy atom. The Morgan fingerprint density at radius 3 is 2.52 bits per heavy atom. The van der Waals surface area contributed by atoms with Crippen molar-refractivity contribution in [2.45, 2.75) is 38.1 Å². The van der Waals surface area contributed by atoms with Gasteiger partial charge in [-0.1, -0.05) is 23.7 Å². The van der Waals surface area contributed by atoms with E-state index in [0.717, 1.165) is 25.7 Å². The molecule has 168 valence electrons. The van der Waals surface area contributed by atoms with Crippen molar-refractivity contribution in [3.05, 3.63) is 51.4 Å².